The molecule has 1 heterocycles. The molecule has 0 bridgehead atoms. The van der Waals surface area contributed by atoms with Crippen molar-refractivity contribution >= 4 is 17.5 Å². The van der Waals surface area contributed by atoms with Crippen molar-refractivity contribution in [3.05, 3.63) is 11.9 Å². The van der Waals surface area contributed by atoms with Gasteiger partial charge in [-0.15, -0.1) is 5.10 Å². The zero-order chi connectivity index (χ0) is 41.0. The quantitative estimate of drug-likeness (QED) is 0.0507. The SMILES string of the molecule is CC(=O)C(CCCCn1cc(COCCOCCOCCOCCOCCN)nn1)CC(=O)CCCCCCCCCCCCCCCCC(=O)OC(C)(C)C. The summed E-state index contributed by atoms with van der Waals surface area (Å²) in [6, 6.07) is 0. The largest absolute Gasteiger partial charge is 0.460 e. The fraction of sp³-hybridized carbons (Fsp3) is 0.884. The van der Waals surface area contributed by atoms with E-state index in [1.54, 1.807) is 11.6 Å². The van der Waals surface area contributed by atoms with Crippen molar-refractivity contribution in [3.63, 3.8) is 0 Å². The van der Waals surface area contributed by atoms with Gasteiger partial charge in [-0.25, -0.2) is 0 Å². The molecule has 1 unspecified atom stereocenters. The molecule has 326 valence electrons. The third kappa shape index (κ3) is 33.8. The number of Topliss-reactive ketones (excluding diaryl/α,β-unsaturated/α-hetero) is 2. The molecular weight excluding hydrogens is 716 g/mol. The first-order chi connectivity index (χ1) is 27.1. The van der Waals surface area contributed by atoms with E-state index in [4.69, 9.17) is 34.2 Å². The van der Waals surface area contributed by atoms with Crippen LogP contribution >= 0.6 is 0 Å². The highest BCUT2D eigenvalue weighted by atomic mass is 16.6. The number of nitrogens with zero attached hydrogens (tertiary/aromatic N) is 3. The standard InChI is InChI=1S/C43H80N4O9/c1-38(48)39(35-41(49)22-17-15-13-11-9-7-5-6-8-10-12-14-16-18-23-42(50)56-43(2,3)4)21-19-20-25-47-36-40(45-46-47)37-55-34-33-54-32-31-53-30-29-52-28-27-51-26-24-44/h36,39H,5-35,37,44H2,1-4H3. The number of ketones is 2. The van der Waals surface area contributed by atoms with Gasteiger partial charge in [0.1, 0.15) is 22.9 Å². The number of rotatable bonds is 41. The summed E-state index contributed by atoms with van der Waals surface area (Å²) in [5.74, 6) is 0.0572. The smallest absolute Gasteiger partial charge is 0.306 e. The van der Waals surface area contributed by atoms with Crippen LogP contribution in [0.1, 0.15) is 162 Å². The molecule has 1 aromatic rings. The number of aryl methyl sites for hydroxylation is 1. The number of unbranched alkanes of at least 4 members (excludes halogenated alkanes) is 14. The third-order valence-electron chi connectivity index (χ3n) is 9.33. The topological polar surface area (TPSA) is 163 Å². The molecule has 2 N–H and O–H groups in total. The summed E-state index contributed by atoms with van der Waals surface area (Å²) in [4.78, 5) is 36.7. The fourth-order valence-electron chi connectivity index (χ4n) is 6.25. The molecule has 0 aromatic carbocycles. The van der Waals surface area contributed by atoms with Crippen molar-refractivity contribution in [1.82, 2.24) is 15.0 Å². The first-order valence-electron chi connectivity index (χ1n) is 21.8. The Balaban J connectivity index is 1.95. The second-order valence-electron chi connectivity index (χ2n) is 15.8. The van der Waals surface area contributed by atoms with Crippen LogP contribution < -0.4 is 5.73 Å². The zero-order valence-corrected chi connectivity index (χ0v) is 35.9. The number of ether oxygens (including phenoxy) is 6. The highest BCUT2D eigenvalue weighted by Gasteiger charge is 2.18. The van der Waals surface area contributed by atoms with Crippen LogP contribution in [0.3, 0.4) is 0 Å². The Hall–Kier alpha value is -2.29. The van der Waals surface area contributed by atoms with E-state index in [1.165, 1.54) is 64.2 Å². The second kappa shape index (κ2) is 35.8. The molecule has 0 radical (unpaired) electrons. The van der Waals surface area contributed by atoms with Crippen molar-refractivity contribution in [2.24, 2.45) is 11.7 Å². The molecule has 1 rings (SSSR count). The number of aromatic nitrogens is 3. The highest BCUT2D eigenvalue weighted by molar-refractivity contribution is 5.86. The van der Waals surface area contributed by atoms with Gasteiger partial charge in [0.25, 0.3) is 0 Å². The maximum Gasteiger partial charge on any atom is 0.306 e. The molecule has 0 fully saturated rings. The Kier molecular flexibility index (Phi) is 33.1. The number of hydrogen-bond acceptors (Lipinski definition) is 12. The van der Waals surface area contributed by atoms with Crippen molar-refractivity contribution < 1.29 is 42.8 Å². The van der Waals surface area contributed by atoms with Gasteiger partial charge >= 0.3 is 5.97 Å². The van der Waals surface area contributed by atoms with Gasteiger partial charge < -0.3 is 34.2 Å². The summed E-state index contributed by atoms with van der Waals surface area (Å²) in [6.45, 7) is 13.5. The fourth-order valence-corrected chi connectivity index (χ4v) is 6.25. The van der Waals surface area contributed by atoms with Crippen LogP contribution in [0.15, 0.2) is 6.20 Å². The molecule has 0 aliphatic rings. The van der Waals surface area contributed by atoms with Crippen molar-refractivity contribution in [2.75, 3.05) is 66.0 Å². The Morgan fingerprint density at radius 3 is 1.59 bits per heavy atom. The first kappa shape index (κ1) is 51.7. The monoisotopic (exact) mass is 797 g/mol. The van der Waals surface area contributed by atoms with E-state index in [2.05, 4.69) is 10.3 Å². The summed E-state index contributed by atoms with van der Waals surface area (Å²) in [5.41, 5.74) is 5.73. The second-order valence-corrected chi connectivity index (χ2v) is 15.8. The van der Waals surface area contributed by atoms with Crippen LogP contribution in [0.25, 0.3) is 0 Å². The van der Waals surface area contributed by atoms with E-state index >= 15 is 0 Å². The number of esters is 1. The Morgan fingerprint density at radius 2 is 1.11 bits per heavy atom. The molecule has 1 atom stereocenters. The average molecular weight is 797 g/mol. The van der Waals surface area contributed by atoms with Crippen molar-refractivity contribution in [1.29, 1.82) is 0 Å². The van der Waals surface area contributed by atoms with E-state index in [0.717, 1.165) is 50.6 Å². The minimum Gasteiger partial charge on any atom is -0.460 e. The third-order valence-corrected chi connectivity index (χ3v) is 9.33. The van der Waals surface area contributed by atoms with Gasteiger partial charge in [-0.2, -0.15) is 0 Å². The van der Waals surface area contributed by atoms with Gasteiger partial charge in [0.2, 0.25) is 0 Å². The van der Waals surface area contributed by atoms with E-state index < -0.39 is 0 Å². The normalized spacial score (nSPS) is 12.3. The number of nitrogens with two attached hydrogens (primary N) is 1. The number of carbonyl (C=O) groups is 3. The average Bonchev–Trinajstić information content (AvgIpc) is 3.60. The lowest BCUT2D eigenvalue weighted by Crippen LogP contribution is -2.23. The molecule has 13 nitrogen and oxygen atoms in total. The van der Waals surface area contributed by atoms with Gasteiger partial charge in [-0.1, -0.05) is 88.7 Å². The maximum atomic E-state index is 12.6. The lowest BCUT2D eigenvalue weighted by Gasteiger charge is -2.19. The Labute approximate surface area is 339 Å². The first-order valence-corrected chi connectivity index (χ1v) is 21.8. The molecule has 0 saturated heterocycles. The van der Waals surface area contributed by atoms with E-state index in [9.17, 15) is 14.4 Å². The summed E-state index contributed by atoms with van der Waals surface area (Å²) < 4.78 is 34.4. The zero-order valence-electron chi connectivity index (χ0n) is 35.9. The van der Waals surface area contributed by atoms with Gasteiger partial charge in [0, 0.05) is 38.3 Å². The van der Waals surface area contributed by atoms with Crippen LogP contribution in [0, 0.1) is 5.92 Å². The highest BCUT2D eigenvalue weighted by Crippen LogP contribution is 2.19. The minimum atomic E-state index is -0.386. The molecule has 1 aromatic heterocycles. The Bertz CT molecular complexity index is 1100. The molecule has 13 heteroatoms. The minimum absolute atomic E-state index is 0.0794. The van der Waals surface area contributed by atoms with E-state index in [0.29, 0.717) is 98.4 Å². The van der Waals surface area contributed by atoms with Crippen molar-refractivity contribution in [2.45, 2.75) is 175 Å². The van der Waals surface area contributed by atoms with Gasteiger partial charge in [-0.05, 0) is 53.4 Å². The predicted octanol–water partition coefficient (Wildman–Crippen LogP) is 7.74. The molecule has 56 heavy (non-hydrogen) atoms. The molecule has 0 saturated carbocycles. The molecule has 0 spiro atoms. The Morgan fingerprint density at radius 1 is 0.643 bits per heavy atom. The van der Waals surface area contributed by atoms with E-state index in [-0.39, 0.29) is 29.1 Å². The molecular formula is C43H80N4O9. The van der Waals surface area contributed by atoms with Gasteiger partial charge in [-0.3, -0.25) is 19.1 Å². The van der Waals surface area contributed by atoms with Crippen LogP contribution in [0.4, 0.5) is 0 Å². The molecule has 0 amide bonds. The molecule has 0 aliphatic carbocycles. The summed E-state index contributed by atoms with van der Waals surface area (Å²) in [6.07, 6.45) is 22.5. The number of carbonyl (C=O) groups excluding carboxylic acids is 3. The van der Waals surface area contributed by atoms with Crippen LogP contribution in [0.5, 0.6) is 0 Å². The summed E-state index contributed by atoms with van der Waals surface area (Å²) >= 11 is 0. The van der Waals surface area contributed by atoms with E-state index in [1.807, 2.05) is 27.0 Å². The summed E-state index contributed by atoms with van der Waals surface area (Å²) in [5, 5.41) is 8.37. The maximum absolute atomic E-state index is 12.6. The van der Waals surface area contributed by atoms with Crippen LogP contribution in [-0.2, 0) is 56.0 Å². The van der Waals surface area contributed by atoms with Crippen LogP contribution in [0.2, 0.25) is 0 Å². The lowest BCUT2D eigenvalue weighted by atomic mass is 9.91. The van der Waals surface area contributed by atoms with Crippen LogP contribution in [-0.4, -0.2) is 104 Å². The predicted molar refractivity (Wildman–Crippen MR) is 219 cm³/mol. The van der Waals surface area contributed by atoms with Gasteiger partial charge in [0.15, 0.2) is 0 Å². The number of hydrogen-bond donors (Lipinski definition) is 1. The lowest BCUT2D eigenvalue weighted by molar-refractivity contribution is -0.155. The van der Waals surface area contributed by atoms with Crippen molar-refractivity contribution in [3.8, 4) is 0 Å². The summed E-state index contributed by atoms with van der Waals surface area (Å²) in [7, 11) is 0. The molecule has 0 aliphatic heterocycles. The van der Waals surface area contributed by atoms with Gasteiger partial charge in [0.05, 0.1) is 72.3 Å².